The van der Waals surface area contributed by atoms with Crippen LogP contribution >= 0.6 is 0 Å². The van der Waals surface area contributed by atoms with Crippen molar-refractivity contribution in [3.8, 4) is 0 Å². The van der Waals surface area contributed by atoms with Gasteiger partial charge in [0.2, 0.25) is 10.0 Å². The summed E-state index contributed by atoms with van der Waals surface area (Å²) in [5.74, 6) is -0.284. The van der Waals surface area contributed by atoms with Crippen LogP contribution in [-0.4, -0.2) is 63.8 Å². The Balaban J connectivity index is 1.87. The fourth-order valence-corrected chi connectivity index (χ4v) is 3.84. The quantitative estimate of drug-likeness (QED) is 0.520. The molecular formula is C18H29N4O4S+. The van der Waals surface area contributed by atoms with Gasteiger partial charge in [-0.1, -0.05) is 0 Å². The van der Waals surface area contributed by atoms with Crippen LogP contribution in [0.15, 0.2) is 29.2 Å². The second-order valence-corrected chi connectivity index (χ2v) is 9.34. The molecule has 27 heavy (non-hydrogen) atoms. The third-order valence-corrected chi connectivity index (χ3v) is 6.46. The minimum atomic E-state index is -3.55. The Kier molecular flexibility index (Phi) is 6.96. The lowest BCUT2D eigenvalue weighted by atomic mass is 10.3. The molecule has 150 valence electrons. The van der Waals surface area contributed by atoms with Crippen molar-refractivity contribution in [2.24, 2.45) is 0 Å². The van der Waals surface area contributed by atoms with E-state index in [0.717, 1.165) is 17.7 Å². The molecule has 0 saturated heterocycles. The minimum absolute atomic E-state index is 0.0494. The summed E-state index contributed by atoms with van der Waals surface area (Å²) in [7, 11) is -0.232. The van der Waals surface area contributed by atoms with Crippen LogP contribution in [0.25, 0.3) is 0 Å². The highest BCUT2D eigenvalue weighted by atomic mass is 32.2. The number of sulfonamides is 1. The van der Waals surface area contributed by atoms with Crippen molar-refractivity contribution >= 4 is 27.5 Å². The van der Waals surface area contributed by atoms with Crippen LogP contribution in [0.1, 0.15) is 26.7 Å². The Morgan fingerprint density at radius 2 is 1.70 bits per heavy atom. The van der Waals surface area contributed by atoms with Crippen molar-refractivity contribution in [3.05, 3.63) is 24.3 Å². The molecular weight excluding hydrogens is 368 g/mol. The smallest absolute Gasteiger partial charge is 0.279 e. The van der Waals surface area contributed by atoms with E-state index < -0.39 is 10.0 Å². The molecule has 2 amide bonds. The third kappa shape index (κ3) is 6.30. The second kappa shape index (κ2) is 8.81. The van der Waals surface area contributed by atoms with Crippen LogP contribution in [0, 0.1) is 0 Å². The first-order valence-corrected chi connectivity index (χ1v) is 10.5. The summed E-state index contributed by atoms with van der Waals surface area (Å²) in [5.41, 5.74) is 0.515. The molecule has 1 aliphatic rings. The predicted molar refractivity (Wildman–Crippen MR) is 103 cm³/mol. The van der Waals surface area contributed by atoms with Crippen molar-refractivity contribution in [1.82, 2.24) is 9.62 Å². The Morgan fingerprint density at radius 1 is 1.15 bits per heavy atom. The molecule has 2 rings (SSSR count). The van der Waals surface area contributed by atoms with Gasteiger partial charge < -0.3 is 15.5 Å². The van der Waals surface area contributed by atoms with E-state index in [1.54, 1.807) is 33.0 Å². The Hall–Kier alpha value is -1.97. The number of nitrogens with one attached hydrogen (secondary N) is 3. The van der Waals surface area contributed by atoms with E-state index in [9.17, 15) is 18.0 Å². The highest BCUT2D eigenvalue weighted by Gasteiger charge is 2.25. The second-order valence-electron chi connectivity index (χ2n) is 7.34. The van der Waals surface area contributed by atoms with Gasteiger partial charge in [-0.3, -0.25) is 9.59 Å². The Morgan fingerprint density at radius 3 is 2.22 bits per heavy atom. The van der Waals surface area contributed by atoms with E-state index in [2.05, 4.69) is 10.6 Å². The number of benzene rings is 1. The fraction of sp³-hybridized carbons (Fsp3) is 0.556. The standard InChI is InChI=1S/C18H28N4O4S/c1-13(2)22(4)27(25,26)16-9-7-15(8-10-16)20-18(24)12-21(3)11-17(23)19-14-5-6-14/h7-10,13-14H,5-6,11-12H2,1-4H3,(H,19,23)(H,20,24)/p+1. The van der Waals surface area contributed by atoms with Gasteiger partial charge in [0.05, 0.1) is 11.9 Å². The van der Waals surface area contributed by atoms with E-state index in [-0.39, 0.29) is 35.8 Å². The maximum Gasteiger partial charge on any atom is 0.279 e. The number of quaternary nitrogens is 1. The average molecular weight is 398 g/mol. The molecule has 0 aromatic heterocycles. The number of anilines is 1. The van der Waals surface area contributed by atoms with Crippen molar-refractivity contribution in [2.45, 2.75) is 43.7 Å². The molecule has 1 aliphatic carbocycles. The summed E-state index contributed by atoms with van der Waals surface area (Å²) < 4.78 is 26.2. The van der Waals surface area contributed by atoms with Gasteiger partial charge in [-0.2, -0.15) is 4.31 Å². The number of hydrogen-bond donors (Lipinski definition) is 3. The zero-order valence-electron chi connectivity index (χ0n) is 16.3. The minimum Gasteiger partial charge on any atom is -0.348 e. The van der Waals surface area contributed by atoms with E-state index in [4.69, 9.17) is 0 Å². The summed E-state index contributed by atoms with van der Waals surface area (Å²) >= 11 is 0. The van der Waals surface area contributed by atoms with E-state index >= 15 is 0 Å². The molecule has 1 fully saturated rings. The summed E-state index contributed by atoms with van der Waals surface area (Å²) in [5, 5.41) is 5.62. The number of carbonyl (C=O) groups excluding carboxylic acids is 2. The molecule has 3 N–H and O–H groups in total. The Labute approximate surface area is 161 Å². The van der Waals surface area contributed by atoms with Gasteiger partial charge in [0.1, 0.15) is 0 Å². The maximum absolute atomic E-state index is 12.4. The Bertz CT molecular complexity index is 773. The highest BCUT2D eigenvalue weighted by molar-refractivity contribution is 7.89. The molecule has 0 bridgehead atoms. The summed E-state index contributed by atoms with van der Waals surface area (Å²) in [4.78, 5) is 24.8. The van der Waals surface area contributed by atoms with Gasteiger partial charge in [-0.25, -0.2) is 8.42 Å². The molecule has 0 spiro atoms. The molecule has 9 heteroatoms. The normalized spacial score (nSPS) is 15.6. The SMILES string of the molecule is CC(C)N(C)S(=O)(=O)c1ccc(NC(=O)C[NH+](C)CC(=O)NC2CC2)cc1. The van der Waals surface area contributed by atoms with Gasteiger partial charge >= 0.3 is 0 Å². The average Bonchev–Trinajstić information content (AvgIpc) is 3.37. The van der Waals surface area contributed by atoms with Crippen LogP contribution in [0.5, 0.6) is 0 Å². The van der Waals surface area contributed by atoms with Gasteiger partial charge in [-0.05, 0) is 51.0 Å². The molecule has 8 nitrogen and oxygen atoms in total. The van der Waals surface area contributed by atoms with Crippen LogP contribution in [-0.2, 0) is 19.6 Å². The van der Waals surface area contributed by atoms with Gasteiger partial charge in [0.15, 0.2) is 13.1 Å². The molecule has 1 aromatic carbocycles. The van der Waals surface area contributed by atoms with Crippen LogP contribution in [0.3, 0.4) is 0 Å². The van der Waals surface area contributed by atoms with Gasteiger partial charge in [0, 0.05) is 24.8 Å². The van der Waals surface area contributed by atoms with Gasteiger partial charge in [-0.15, -0.1) is 0 Å². The lowest BCUT2D eigenvalue weighted by Gasteiger charge is -2.21. The molecule has 1 unspecified atom stereocenters. The van der Waals surface area contributed by atoms with Crippen LogP contribution < -0.4 is 15.5 Å². The van der Waals surface area contributed by atoms with Crippen molar-refractivity contribution in [3.63, 3.8) is 0 Å². The van der Waals surface area contributed by atoms with E-state index in [1.165, 1.54) is 23.5 Å². The first-order chi connectivity index (χ1) is 12.6. The molecule has 1 saturated carbocycles. The first kappa shape index (κ1) is 21.3. The monoisotopic (exact) mass is 397 g/mol. The number of nitrogens with zero attached hydrogens (tertiary/aromatic N) is 1. The van der Waals surface area contributed by atoms with Crippen LogP contribution in [0.2, 0.25) is 0 Å². The lowest BCUT2D eigenvalue weighted by Crippen LogP contribution is -3.11. The number of rotatable bonds is 9. The number of carbonyl (C=O) groups is 2. The number of likely N-dealkylation sites (N-methyl/N-ethyl adjacent to an activating group) is 1. The number of hydrogen-bond acceptors (Lipinski definition) is 4. The summed E-state index contributed by atoms with van der Waals surface area (Å²) in [6.45, 7) is 3.99. The first-order valence-electron chi connectivity index (χ1n) is 9.08. The zero-order chi connectivity index (χ0) is 20.2. The molecule has 0 radical (unpaired) electrons. The number of amides is 2. The lowest BCUT2D eigenvalue weighted by molar-refractivity contribution is -0.862. The molecule has 0 aliphatic heterocycles. The predicted octanol–water partition coefficient (Wildman–Crippen LogP) is -0.553. The third-order valence-electron chi connectivity index (χ3n) is 4.41. The maximum atomic E-state index is 12.4. The van der Waals surface area contributed by atoms with Crippen molar-refractivity contribution < 1.29 is 22.9 Å². The topological polar surface area (TPSA) is 100 Å². The fourth-order valence-electron chi connectivity index (χ4n) is 2.48. The molecule has 0 heterocycles. The van der Waals surface area contributed by atoms with Crippen LogP contribution in [0.4, 0.5) is 5.69 Å². The van der Waals surface area contributed by atoms with Gasteiger partial charge in [0.25, 0.3) is 11.8 Å². The van der Waals surface area contributed by atoms with E-state index in [1.807, 2.05) is 0 Å². The zero-order valence-corrected chi connectivity index (χ0v) is 17.1. The largest absolute Gasteiger partial charge is 0.348 e. The molecule has 1 aromatic rings. The summed E-state index contributed by atoms with van der Waals surface area (Å²) in [6, 6.07) is 6.24. The molecule has 1 atom stereocenters. The van der Waals surface area contributed by atoms with Crippen molar-refractivity contribution in [2.75, 3.05) is 32.5 Å². The van der Waals surface area contributed by atoms with E-state index in [0.29, 0.717) is 11.7 Å². The van der Waals surface area contributed by atoms with Crippen molar-refractivity contribution in [1.29, 1.82) is 0 Å². The summed E-state index contributed by atoms with van der Waals surface area (Å²) in [6.07, 6.45) is 2.06. The highest BCUT2D eigenvalue weighted by Crippen LogP contribution is 2.19.